The molecular formula is C16H17N3O3S. The average molecular weight is 331 g/mol. The number of hydrogen-bond acceptors (Lipinski definition) is 5. The fraction of sp³-hybridized carbons (Fsp3) is 0.312. The first-order valence-corrected chi connectivity index (χ1v) is 8.09. The lowest BCUT2D eigenvalue weighted by atomic mass is 10.1. The zero-order valence-corrected chi connectivity index (χ0v) is 13.5. The van der Waals surface area contributed by atoms with Crippen LogP contribution in [0.15, 0.2) is 36.5 Å². The minimum atomic E-state index is -0.652. The predicted molar refractivity (Wildman–Crippen MR) is 87.1 cm³/mol. The Labute approximate surface area is 138 Å². The molecule has 1 aliphatic rings. The van der Waals surface area contributed by atoms with Crippen molar-refractivity contribution in [2.24, 2.45) is 0 Å². The summed E-state index contributed by atoms with van der Waals surface area (Å²) in [4.78, 5) is 31.4. The Morgan fingerprint density at radius 2 is 2.22 bits per heavy atom. The van der Waals surface area contributed by atoms with Gasteiger partial charge in [0.05, 0.1) is 6.61 Å². The predicted octanol–water partition coefficient (Wildman–Crippen LogP) is 1.82. The van der Waals surface area contributed by atoms with Crippen LogP contribution in [0.2, 0.25) is 0 Å². The van der Waals surface area contributed by atoms with Crippen molar-refractivity contribution < 1.29 is 14.3 Å². The number of ether oxygens (including phenoxy) is 1. The number of nitrogens with zero attached hydrogens (tertiary/aromatic N) is 2. The van der Waals surface area contributed by atoms with Gasteiger partial charge in [-0.05, 0) is 12.5 Å². The Bertz CT molecular complexity index is 702. The number of thiazole rings is 1. The molecule has 120 valence electrons. The number of morpholine rings is 1. The Balaban J connectivity index is 1.74. The second-order valence-corrected chi connectivity index (χ2v) is 6.54. The summed E-state index contributed by atoms with van der Waals surface area (Å²) in [7, 11) is 0. The zero-order chi connectivity index (χ0) is 16.2. The third kappa shape index (κ3) is 3.75. The van der Waals surface area contributed by atoms with Gasteiger partial charge in [-0.3, -0.25) is 9.59 Å². The van der Waals surface area contributed by atoms with E-state index in [0.29, 0.717) is 11.7 Å². The summed E-state index contributed by atoms with van der Waals surface area (Å²) < 4.78 is 5.26. The van der Waals surface area contributed by atoms with Crippen LogP contribution in [0.25, 0.3) is 0 Å². The van der Waals surface area contributed by atoms with Crippen molar-refractivity contribution in [3.05, 3.63) is 47.0 Å². The van der Waals surface area contributed by atoms with E-state index in [4.69, 9.17) is 4.74 Å². The van der Waals surface area contributed by atoms with E-state index in [-0.39, 0.29) is 25.0 Å². The van der Waals surface area contributed by atoms with Gasteiger partial charge >= 0.3 is 0 Å². The van der Waals surface area contributed by atoms with Crippen LogP contribution in [0.3, 0.4) is 0 Å². The number of benzene rings is 1. The van der Waals surface area contributed by atoms with Crippen molar-refractivity contribution in [1.82, 2.24) is 9.88 Å². The molecule has 1 fully saturated rings. The summed E-state index contributed by atoms with van der Waals surface area (Å²) in [6, 6.07) is 8.95. The Hall–Kier alpha value is -2.25. The molecule has 23 heavy (non-hydrogen) atoms. The number of hydrogen-bond donors (Lipinski definition) is 1. The smallest absolute Gasteiger partial charge is 0.251 e. The lowest BCUT2D eigenvalue weighted by Crippen LogP contribution is -2.54. The Kier molecular flexibility index (Phi) is 4.68. The summed E-state index contributed by atoms with van der Waals surface area (Å²) in [6.07, 6.45) is 1.70. The largest absolute Gasteiger partial charge is 0.369 e. The third-order valence-corrected chi connectivity index (χ3v) is 4.38. The van der Waals surface area contributed by atoms with Crippen LogP contribution < -0.4 is 5.32 Å². The molecule has 1 aromatic carbocycles. The number of amides is 2. The van der Waals surface area contributed by atoms with Crippen LogP contribution >= 0.6 is 11.3 Å². The van der Waals surface area contributed by atoms with Gasteiger partial charge in [0.25, 0.3) is 5.91 Å². The van der Waals surface area contributed by atoms with Crippen LogP contribution in [0, 0.1) is 6.92 Å². The van der Waals surface area contributed by atoms with Crippen LogP contribution in [-0.4, -0.2) is 41.0 Å². The van der Waals surface area contributed by atoms with Gasteiger partial charge in [-0.15, -0.1) is 11.3 Å². The second kappa shape index (κ2) is 6.89. The lowest BCUT2D eigenvalue weighted by molar-refractivity contribution is -0.154. The minimum absolute atomic E-state index is 0.00692. The van der Waals surface area contributed by atoms with E-state index in [1.807, 2.05) is 37.3 Å². The number of aryl methyl sites for hydroxylation is 1. The Morgan fingerprint density at radius 1 is 1.43 bits per heavy atom. The maximum atomic E-state index is 12.5. The van der Waals surface area contributed by atoms with Gasteiger partial charge in [-0.1, -0.05) is 30.3 Å². The summed E-state index contributed by atoms with van der Waals surface area (Å²) in [5.41, 5.74) is 0.977. The van der Waals surface area contributed by atoms with Gasteiger partial charge in [0.1, 0.15) is 12.6 Å². The van der Waals surface area contributed by atoms with Crippen LogP contribution in [0.4, 0.5) is 5.13 Å². The average Bonchev–Trinajstić information content (AvgIpc) is 2.95. The highest BCUT2D eigenvalue weighted by molar-refractivity contribution is 7.15. The molecule has 1 atom stereocenters. The molecule has 0 spiro atoms. The summed E-state index contributed by atoms with van der Waals surface area (Å²) in [6.45, 7) is 2.50. The van der Waals surface area contributed by atoms with Crippen LogP contribution in [0.1, 0.15) is 10.4 Å². The maximum absolute atomic E-state index is 12.5. The molecule has 6 nitrogen and oxygen atoms in total. The number of rotatable bonds is 4. The van der Waals surface area contributed by atoms with E-state index in [9.17, 15) is 9.59 Å². The second-order valence-electron chi connectivity index (χ2n) is 5.30. The molecule has 1 saturated heterocycles. The van der Waals surface area contributed by atoms with Gasteiger partial charge in [-0.25, -0.2) is 4.98 Å². The topological polar surface area (TPSA) is 71.5 Å². The molecule has 7 heteroatoms. The number of carbonyl (C=O) groups excluding carboxylic acids is 2. The molecule has 1 N–H and O–H groups in total. The quantitative estimate of drug-likeness (QED) is 0.927. The summed E-state index contributed by atoms with van der Waals surface area (Å²) >= 11 is 1.40. The molecule has 1 aliphatic heterocycles. The minimum Gasteiger partial charge on any atom is -0.369 e. The maximum Gasteiger partial charge on any atom is 0.251 e. The number of nitrogens with one attached hydrogen (secondary N) is 1. The van der Waals surface area contributed by atoms with Gasteiger partial charge < -0.3 is 15.0 Å². The zero-order valence-electron chi connectivity index (χ0n) is 12.7. The number of anilines is 1. The molecule has 2 aromatic rings. The molecule has 0 bridgehead atoms. The highest BCUT2D eigenvalue weighted by Crippen LogP contribution is 2.19. The van der Waals surface area contributed by atoms with Crippen LogP contribution in [0.5, 0.6) is 0 Å². The van der Waals surface area contributed by atoms with Crippen LogP contribution in [-0.2, 0) is 20.9 Å². The first kappa shape index (κ1) is 15.6. The van der Waals surface area contributed by atoms with Gasteiger partial charge in [0.2, 0.25) is 5.91 Å². The number of aromatic nitrogens is 1. The highest BCUT2D eigenvalue weighted by atomic mass is 32.1. The highest BCUT2D eigenvalue weighted by Gasteiger charge is 2.34. The normalized spacial score (nSPS) is 18.0. The van der Waals surface area contributed by atoms with Gasteiger partial charge in [0, 0.05) is 17.6 Å². The van der Waals surface area contributed by atoms with E-state index in [2.05, 4.69) is 10.3 Å². The van der Waals surface area contributed by atoms with Crippen molar-refractivity contribution in [3.63, 3.8) is 0 Å². The monoisotopic (exact) mass is 331 g/mol. The van der Waals surface area contributed by atoms with Crippen molar-refractivity contribution >= 4 is 28.3 Å². The van der Waals surface area contributed by atoms with E-state index in [1.54, 1.807) is 11.1 Å². The molecule has 3 rings (SSSR count). The molecule has 0 saturated carbocycles. The van der Waals surface area contributed by atoms with Crippen molar-refractivity contribution in [2.45, 2.75) is 19.5 Å². The number of carbonyl (C=O) groups is 2. The molecule has 2 amide bonds. The fourth-order valence-corrected chi connectivity index (χ4v) is 3.07. The lowest BCUT2D eigenvalue weighted by Gasteiger charge is -2.34. The van der Waals surface area contributed by atoms with Crippen molar-refractivity contribution in [1.29, 1.82) is 0 Å². The molecule has 1 unspecified atom stereocenters. The van der Waals surface area contributed by atoms with E-state index < -0.39 is 6.04 Å². The summed E-state index contributed by atoms with van der Waals surface area (Å²) in [5, 5.41) is 3.30. The van der Waals surface area contributed by atoms with Gasteiger partial charge in [-0.2, -0.15) is 0 Å². The summed E-state index contributed by atoms with van der Waals surface area (Å²) in [5.74, 6) is -0.459. The van der Waals surface area contributed by atoms with Crippen molar-refractivity contribution in [2.75, 3.05) is 18.5 Å². The fourth-order valence-electron chi connectivity index (χ4n) is 2.40. The molecule has 1 aromatic heterocycles. The molecular weight excluding hydrogens is 314 g/mol. The third-order valence-electron chi connectivity index (χ3n) is 3.55. The van der Waals surface area contributed by atoms with Crippen molar-refractivity contribution in [3.8, 4) is 0 Å². The van der Waals surface area contributed by atoms with E-state index in [1.165, 1.54) is 11.3 Å². The molecule has 2 heterocycles. The van der Waals surface area contributed by atoms with E-state index in [0.717, 1.165) is 10.4 Å². The van der Waals surface area contributed by atoms with E-state index >= 15 is 0 Å². The van der Waals surface area contributed by atoms with Gasteiger partial charge in [0.15, 0.2) is 5.13 Å². The molecule has 0 aliphatic carbocycles. The molecule has 0 radical (unpaired) electrons. The Morgan fingerprint density at radius 3 is 2.91 bits per heavy atom. The standard InChI is InChI=1S/C16H17N3O3S/c1-11-7-17-16(23-11)18-15(21)13-9-22-10-14(20)19(13)8-12-5-3-2-4-6-12/h2-7,13H,8-10H2,1H3,(H,17,18,21). The SMILES string of the molecule is Cc1cnc(NC(=O)C2COCC(=O)N2Cc2ccccc2)s1. The first-order chi connectivity index (χ1) is 11.1. The first-order valence-electron chi connectivity index (χ1n) is 7.28.